The molecule has 0 unspecified atom stereocenters. The number of aromatic amines is 1. The summed E-state index contributed by atoms with van der Waals surface area (Å²) in [4.78, 5) is 45.3. The third-order valence-electron chi connectivity index (χ3n) is 9.83. The molecule has 17 heteroatoms. The van der Waals surface area contributed by atoms with Crippen LogP contribution in [0.4, 0.5) is 10.1 Å². The summed E-state index contributed by atoms with van der Waals surface area (Å²) >= 11 is 5.79. The highest BCUT2D eigenvalue weighted by Gasteiger charge is 2.29. The van der Waals surface area contributed by atoms with Crippen molar-refractivity contribution < 1.29 is 14.3 Å². The van der Waals surface area contributed by atoms with Gasteiger partial charge >= 0.3 is 11.7 Å². The van der Waals surface area contributed by atoms with Crippen LogP contribution in [0.25, 0.3) is 21.8 Å². The Kier molecular flexibility index (Phi) is 8.45. The first-order valence-electron chi connectivity index (χ1n) is 17.1. The van der Waals surface area contributed by atoms with Crippen molar-refractivity contribution in [3.63, 3.8) is 0 Å². The molecule has 1 saturated heterocycles. The molecule has 52 heavy (non-hydrogen) atoms. The number of benzene rings is 2. The summed E-state index contributed by atoms with van der Waals surface area (Å²) in [6, 6.07) is 10.8. The number of carboxylic acid groups (broad SMARTS) is 1. The fourth-order valence-corrected chi connectivity index (χ4v) is 7.27. The van der Waals surface area contributed by atoms with Gasteiger partial charge in [0, 0.05) is 73.0 Å². The van der Waals surface area contributed by atoms with E-state index in [0.29, 0.717) is 67.0 Å². The summed E-state index contributed by atoms with van der Waals surface area (Å²) in [6.45, 7) is 6.98. The Morgan fingerprint density at radius 2 is 1.87 bits per heavy atom. The number of H-pyrrole nitrogens is 1. The van der Waals surface area contributed by atoms with Gasteiger partial charge in [0.15, 0.2) is 16.4 Å². The second-order valence-electron chi connectivity index (χ2n) is 13.2. The van der Waals surface area contributed by atoms with E-state index in [1.54, 1.807) is 28.5 Å². The number of aryl methyl sites for hydroxylation is 1. The molecule has 1 aliphatic carbocycles. The molecule has 2 N–H and O–H groups in total. The lowest BCUT2D eigenvalue weighted by Gasteiger charge is -2.36. The van der Waals surface area contributed by atoms with Crippen LogP contribution >= 0.6 is 12.2 Å². The minimum Gasteiger partial charge on any atom is -0.477 e. The zero-order valence-electron chi connectivity index (χ0n) is 28.6. The monoisotopic (exact) mass is 725 g/mol. The van der Waals surface area contributed by atoms with E-state index in [-0.39, 0.29) is 23.5 Å². The van der Waals surface area contributed by atoms with E-state index in [1.165, 1.54) is 21.6 Å². The van der Waals surface area contributed by atoms with Crippen LogP contribution in [0.5, 0.6) is 0 Å². The molecule has 0 amide bonds. The number of nitrogens with one attached hydrogen (secondary N) is 1. The van der Waals surface area contributed by atoms with Crippen LogP contribution in [-0.2, 0) is 19.8 Å². The molecule has 1 aliphatic heterocycles. The van der Waals surface area contributed by atoms with Gasteiger partial charge in [0.2, 0.25) is 5.43 Å². The summed E-state index contributed by atoms with van der Waals surface area (Å²) in [7, 11) is 0. The Morgan fingerprint density at radius 3 is 2.60 bits per heavy atom. The van der Waals surface area contributed by atoms with Crippen LogP contribution in [0.3, 0.4) is 0 Å². The molecule has 0 spiro atoms. The summed E-state index contributed by atoms with van der Waals surface area (Å²) < 4.78 is 24.1. The largest absolute Gasteiger partial charge is 0.477 e. The lowest BCUT2D eigenvalue weighted by atomic mass is 10.1. The number of fused-ring (bicyclic) bond motifs is 2. The van der Waals surface area contributed by atoms with Crippen molar-refractivity contribution in [3.8, 4) is 0 Å². The van der Waals surface area contributed by atoms with Crippen molar-refractivity contribution in [1.29, 1.82) is 0 Å². The maximum Gasteiger partial charge on any atom is 0.367 e. The number of rotatable bonds is 10. The number of aromatic nitrogens is 8. The number of hydrogen-bond acceptors (Lipinski definition) is 9. The summed E-state index contributed by atoms with van der Waals surface area (Å²) in [5.41, 5.74) is 1.32. The number of halogens is 1. The number of carbonyl (C=O) groups is 1. The first kappa shape index (κ1) is 33.5. The van der Waals surface area contributed by atoms with Crippen LogP contribution in [-0.4, -0.2) is 86.7 Å². The lowest BCUT2D eigenvalue weighted by Crippen LogP contribution is -2.47. The molecule has 0 bridgehead atoms. The molecule has 0 radical (unpaired) electrons. The molecule has 2 aliphatic rings. The highest BCUT2D eigenvalue weighted by atomic mass is 32.1. The number of para-hydroxylation sites is 1. The molecule has 1 saturated carbocycles. The first-order valence-corrected chi connectivity index (χ1v) is 17.5. The average molecular weight is 726 g/mol. The van der Waals surface area contributed by atoms with E-state index >= 15 is 4.39 Å². The molecule has 6 aromatic rings. The van der Waals surface area contributed by atoms with Gasteiger partial charge < -0.3 is 24.1 Å². The van der Waals surface area contributed by atoms with Crippen LogP contribution in [0.2, 0.25) is 0 Å². The number of aromatic carboxylic acids is 1. The predicted octanol–water partition coefficient (Wildman–Crippen LogP) is 3.78. The Hall–Kier alpha value is -5.68. The predicted molar refractivity (Wildman–Crippen MR) is 196 cm³/mol. The Labute approximate surface area is 300 Å². The van der Waals surface area contributed by atoms with E-state index in [9.17, 15) is 19.5 Å². The number of piperazine rings is 1. The van der Waals surface area contributed by atoms with Gasteiger partial charge in [0.1, 0.15) is 17.9 Å². The van der Waals surface area contributed by atoms with E-state index in [2.05, 4.69) is 20.1 Å². The van der Waals surface area contributed by atoms with Crippen molar-refractivity contribution in [3.05, 3.63) is 103 Å². The molecule has 8 rings (SSSR count). The molecule has 15 nitrogen and oxygen atoms in total. The fourth-order valence-electron chi connectivity index (χ4n) is 6.94. The summed E-state index contributed by atoms with van der Waals surface area (Å²) in [5, 5.41) is 24.3. The Bertz CT molecular complexity index is 2580. The van der Waals surface area contributed by atoms with Gasteiger partial charge in [-0.25, -0.2) is 23.3 Å². The topological polar surface area (TPSA) is 156 Å². The maximum absolute atomic E-state index is 15.5. The maximum atomic E-state index is 15.5. The highest BCUT2D eigenvalue weighted by Crippen LogP contribution is 2.38. The zero-order chi connectivity index (χ0) is 36.3. The van der Waals surface area contributed by atoms with Crippen molar-refractivity contribution in [2.75, 3.05) is 31.1 Å². The van der Waals surface area contributed by atoms with Gasteiger partial charge in [-0.1, -0.05) is 18.2 Å². The minimum atomic E-state index is -1.32. The third kappa shape index (κ3) is 5.94. The van der Waals surface area contributed by atoms with Crippen LogP contribution in [0, 0.1) is 17.5 Å². The highest BCUT2D eigenvalue weighted by molar-refractivity contribution is 7.71. The van der Waals surface area contributed by atoms with Gasteiger partial charge in [0.25, 0.3) is 0 Å². The molecular weight excluding hydrogens is 690 g/mol. The second-order valence-corrected chi connectivity index (χ2v) is 13.5. The number of anilines is 1. The van der Waals surface area contributed by atoms with Gasteiger partial charge in [0.05, 0.1) is 24.1 Å². The van der Waals surface area contributed by atoms with E-state index in [1.807, 2.05) is 46.9 Å². The lowest BCUT2D eigenvalue weighted by molar-refractivity contribution is 0.0694. The van der Waals surface area contributed by atoms with Crippen molar-refractivity contribution in [1.82, 2.24) is 43.3 Å². The van der Waals surface area contributed by atoms with Gasteiger partial charge in [-0.2, -0.15) is 20.0 Å². The van der Waals surface area contributed by atoms with Gasteiger partial charge in [-0.15, -0.1) is 0 Å². The second kappa shape index (κ2) is 13.1. The number of pyridine rings is 1. The zero-order valence-corrected chi connectivity index (χ0v) is 29.4. The molecule has 0 atom stereocenters. The average Bonchev–Trinajstić information content (AvgIpc) is 3.76. The van der Waals surface area contributed by atoms with E-state index < -0.39 is 22.9 Å². The van der Waals surface area contributed by atoms with Crippen molar-refractivity contribution in [2.45, 2.75) is 52.5 Å². The van der Waals surface area contributed by atoms with Gasteiger partial charge in [-0.05, 0) is 57.1 Å². The van der Waals surface area contributed by atoms with E-state index in [0.717, 1.165) is 29.3 Å². The van der Waals surface area contributed by atoms with Crippen LogP contribution in [0.15, 0.2) is 63.5 Å². The Balaban J connectivity index is 0.977. The molecule has 5 heterocycles. The Morgan fingerprint density at radius 1 is 1.10 bits per heavy atom. The summed E-state index contributed by atoms with van der Waals surface area (Å²) in [6.07, 6.45) is 6.62. The molecule has 2 fully saturated rings. The third-order valence-corrected chi connectivity index (χ3v) is 10.3. The standard InChI is InChI=1S/C35H36FN11O4S/c1-3-43-31(19-45-34(51)47(21(2)39-45)38-17-22-16-37-28-7-5-4-6-24(22)28)40-46(35(43)52)20-41-10-12-42(13-11-41)30-15-29-25(14-27(30)36)32(48)26(33(49)50)18-44(29)23-8-9-23/h4-7,14-18,23,37H,3,8-13,19-20H2,1-2H3,(H,49,50)/b38-17+. The molecule has 2 aromatic carbocycles. The van der Waals surface area contributed by atoms with Gasteiger partial charge in [-0.3, -0.25) is 9.69 Å². The van der Waals surface area contributed by atoms with E-state index in [4.69, 9.17) is 17.3 Å². The smallest absolute Gasteiger partial charge is 0.367 e. The normalized spacial score (nSPS) is 15.5. The molecule has 4 aromatic heterocycles. The SMILES string of the molecule is CCn1c(Cn2nc(C)n(/N=C/c3c[nH]c4ccccc34)c2=O)nn(CN2CCN(c3cc4c(cc3F)c(=O)c(C(=O)O)cn4C3CC3)CC2)c1=S. The number of nitrogens with zero attached hydrogens (tertiary/aromatic N) is 10. The minimum absolute atomic E-state index is 0.0747. The first-order chi connectivity index (χ1) is 25.1. The quantitative estimate of drug-likeness (QED) is 0.159. The van der Waals surface area contributed by atoms with Crippen molar-refractivity contribution in [2.24, 2.45) is 5.10 Å². The van der Waals surface area contributed by atoms with Crippen LogP contribution < -0.4 is 16.0 Å². The van der Waals surface area contributed by atoms with Crippen LogP contribution in [0.1, 0.15) is 53.4 Å². The summed E-state index contributed by atoms with van der Waals surface area (Å²) in [5.74, 6) is -0.859. The fraction of sp³-hybridized carbons (Fsp3) is 0.343. The van der Waals surface area contributed by atoms with Crippen molar-refractivity contribution >= 4 is 51.9 Å². The number of carboxylic acids is 1. The molecule has 268 valence electrons. The number of hydrogen-bond donors (Lipinski definition) is 2. The molecular formula is C35H36FN11O4S.